The van der Waals surface area contributed by atoms with Crippen molar-refractivity contribution in [3.63, 3.8) is 0 Å². The average Bonchev–Trinajstić information content (AvgIpc) is 3.70. The quantitative estimate of drug-likeness (QED) is 0.403. The zero-order chi connectivity index (χ0) is 26.3. The van der Waals surface area contributed by atoms with Crippen molar-refractivity contribution in [3.8, 4) is 5.69 Å². The Morgan fingerprint density at radius 3 is 2.53 bits per heavy atom. The monoisotopic (exact) mass is 513 g/mol. The van der Waals surface area contributed by atoms with Crippen LogP contribution in [0.5, 0.6) is 0 Å². The number of amides is 2. The van der Waals surface area contributed by atoms with E-state index in [2.05, 4.69) is 20.4 Å². The first-order valence-electron chi connectivity index (χ1n) is 12.7. The molecule has 2 aliphatic rings. The minimum Gasteiger partial charge on any atom is -0.388 e. The maximum Gasteiger partial charge on any atom is 0.264 e. The molecule has 0 unspecified atom stereocenters. The minimum absolute atomic E-state index is 0.103. The molecule has 2 fully saturated rings. The summed E-state index contributed by atoms with van der Waals surface area (Å²) in [6.07, 6.45) is 8.83. The fourth-order valence-electron chi connectivity index (χ4n) is 4.85. The second-order valence-corrected chi connectivity index (χ2v) is 10.0. The molecule has 0 atom stereocenters. The lowest BCUT2D eigenvalue weighted by Crippen LogP contribution is -2.50. The molecule has 2 N–H and O–H groups in total. The van der Waals surface area contributed by atoms with Crippen LogP contribution in [-0.2, 0) is 11.3 Å². The number of fused-ring (bicyclic) bond motifs is 1. The van der Waals surface area contributed by atoms with Gasteiger partial charge in [0.15, 0.2) is 5.65 Å². The third kappa shape index (κ3) is 4.68. The molecule has 2 amide bonds. The van der Waals surface area contributed by atoms with Gasteiger partial charge in [-0.25, -0.2) is 9.67 Å². The Bertz CT molecular complexity index is 1550. The van der Waals surface area contributed by atoms with E-state index in [1.54, 1.807) is 53.5 Å². The van der Waals surface area contributed by atoms with Crippen LogP contribution in [0.2, 0.25) is 0 Å². The van der Waals surface area contributed by atoms with Gasteiger partial charge in [0.2, 0.25) is 5.91 Å². The number of nitrogens with one attached hydrogen (secondary N) is 1. The summed E-state index contributed by atoms with van der Waals surface area (Å²) in [6, 6.07) is 10.3. The summed E-state index contributed by atoms with van der Waals surface area (Å²) in [5, 5.41) is 18.6. The minimum atomic E-state index is -1.08. The molecule has 4 heterocycles. The van der Waals surface area contributed by atoms with Crippen molar-refractivity contribution in [1.82, 2.24) is 29.2 Å². The van der Waals surface area contributed by atoms with E-state index in [1.807, 2.05) is 4.90 Å². The number of aliphatic hydroxyl groups is 1. The predicted molar refractivity (Wildman–Crippen MR) is 139 cm³/mol. The zero-order valence-electron chi connectivity index (χ0n) is 20.7. The number of hydrogen-bond acceptors (Lipinski definition) is 7. The Morgan fingerprint density at radius 2 is 1.84 bits per heavy atom. The van der Waals surface area contributed by atoms with Gasteiger partial charge in [-0.05, 0) is 62.1 Å². The number of piperidine rings is 1. The van der Waals surface area contributed by atoms with Gasteiger partial charge in [-0.2, -0.15) is 5.10 Å². The molecule has 1 saturated heterocycles. The molecule has 1 aromatic carbocycles. The fourth-order valence-corrected chi connectivity index (χ4v) is 4.85. The first kappa shape index (κ1) is 24.0. The van der Waals surface area contributed by atoms with Crippen LogP contribution in [0.3, 0.4) is 0 Å². The normalized spacial score (nSPS) is 16.9. The predicted octanol–water partition coefficient (Wildman–Crippen LogP) is 1.99. The third-order valence-corrected chi connectivity index (χ3v) is 7.25. The van der Waals surface area contributed by atoms with Crippen molar-refractivity contribution in [2.45, 2.75) is 37.8 Å². The summed E-state index contributed by atoms with van der Waals surface area (Å²) in [4.78, 5) is 48.3. The van der Waals surface area contributed by atoms with E-state index in [-0.39, 0.29) is 29.8 Å². The van der Waals surface area contributed by atoms with E-state index < -0.39 is 5.60 Å². The molecule has 6 rings (SSSR count). The molecular formula is C27H27N7O4. The molecule has 0 radical (unpaired) electrons. The number of anilines is 1. The first-order valence-corrected chi connectivity index (χ1v) is 12.7. The van der Waals surface area contributed by atoms with Crippen molar-refractivity contribution in [2.24, 2.45) is 5.92 Å². The van der Waals surface area contributed by atoms with Crippen LogP contribution in [0, 0.1) is 5.92 Å². The highest BCUT2D eigenvalue weighted by atomic mass is 16.3. The number of hydrogen-bond donors (Lipinski definition) is 2. The summed E-state index contributed by atoms with van der Waals surface area (Å²) in [5.74, 6) is 0.0746. The Labute approximate surface area is 217 Å². The lowest BCUT2D eigenvalue weighted by atomic mass is 9.91. The number of benzene rings is 1. The summed E-state index contributed by atoms with van der Waals surface area (Å²) in [5.41, 5.74) is 0.717. The van der Waals surface area contributed by atoms with Gasteiger partial charge >= 0.3 is 0 Å². The Kier molecular flexibility index (Phi) is 5.99. The number of nitrogens with zero attached hydrogens (tertiary/aromatic N) is 6. The van der Waals surface area contributed by atoms with Crippen molar-refractivity contribution in [2.75, 3.05) is 18.4 Å². The van der Waals surface area contributed by atoms with Gasteiger partial charge in [0, 0.05) is 30.8 Å². The van der Waals surface area contributed by atoms with E-state index in [0.29, 0.717) is 53.9 Å². The molecule has 3 aromatic heterocycles. The van der Waals surface area contributed by atoms with Crippen molar-refractivity contribution >= 4 is 28.5 Å². The van der Waals surface area contributed by atoms with Crippen LogP contribution in [0.25, 0.3) is 16.7 Å². The topological polar surface area (TPSA) is 135 Å². The molecule has 38 heavy (non-hydrogen) atoms. The lowest BCUT2D eigenvalue weighted by Gasteiger charge is -2.38. The standard InChI is InChI=1S/C27H27N7O4/c35-24(31-20-2-1-11-28-14-20)18-5-7-21(8-6-18)34-23-22(15-30-34)26(37)33(17-29-23)16-27(38)9-12-32(13-10-27)25(36)19-3-4-19/h1-2,5-8,11,14-15,17,19,38H,3-4,9-10,12-13,16H2,(H,31,35). The summed E-state index contributed by atoms with van der Waals surface area (Å²) >= 11 is 0. The number of carbonyl (C=O) groups excluding carboxylic acids is 2. The van der Waals surface area contributed by atoms with Crippen LogP contribution >= 0.6 is 0 Å². The van der Waals surface area contributed by atoms with E-state index in [0.717, 1.165) is 12.8 Å². The Balaban J connectivity index is 1.17. The maximum absolute atomic E-state index is 13.2. The van der Waals surface area contributed by atoms with Gasteiger partial charge in [0.05, 0.1) is 35.9 Å². The van der Waals surface area contributed by atoms with Crippen LogP contribution in [0.4, 0.5) is 5.69 Å². The molecule has 1 aliphatic carbocycles. The molecule has 1 aliphatic heterocycles. The second-order valence-electron chi connectivity index (χ2n) is 10.0. The van der Waals surface area contributed by atoms with Gasteiger partial charge in [-0.15, -0.1) is 0 Å². The van der Waals surface area contributed by atoms with Gasteiger partial charge in [0.1, 0.15) is 11.7 Å². The maximum atomic E-state index is 13.2. The van der Waals surface area contributed by atoms with Gasteiger partial charge in [-0.3, -0.25) is 23.9 Å². The largest absolute Gasteiger partial charge is 0.388 e. The van der Waals surface area contributed by atoms with E-state index in [9.17, 15) is 19.5 Å². The number of aromatic nitrogens is 5. The zero-order valence-corrected chi connectivity index (χ0v) is 20.7. The Morgan fingerprint density at radius 1 is 1.08 bits per heavy atom. The summed E-state index contributed by atoms with van der Waals surface area (Å²) in [6.45, 7) is 1.08. The number of likely N-dealkylation sites (tertiary alicyclic amines) is 1. The summed E-state index contributed by atoms with van der Waals surface area (Å²) in [7, 11) is 0. The number of carbonyl (C=O) groups is 2. The van der Waals surface area contributed by atoms with Crippen molar-refractivity contribution in [3.05, 3.63) is 77.2 Å². The lowest BCUT2D eigenvalue weighted by molar-refractivity contribution is -0.137. The molecule has 11 nitrogen and oxygen atoms in total. The third-order valence-electron chi connectivity index (χ3n) is 7.25. The highest BCUT2D eigenvalue weighted by Gasteiger charge is 2.39. The molecule has 0 bridgehead atoms. The molecule has 194 valence electrons. The number of pyridine rings is 1. The van der Waals surface area contributed by atoms with Gasteiger partial charge in [-0.1, -0.05) is 0 Å². The van der Waals surface area contributed by atoms with E-state index in [4.69, 9.17) is 0 Å². The Hall–Kier alpha value is -4.38. The molecule has 1 saturated carbocycles. The molecule has 4 aromatic rings. The van der Waals surface area contributed by atoms with Gasteiger partial charge < -0.3 is 15.3 Å². The van der Waals surface area contributed by atoms with Crippen LogP contribution in [-0.4, -0.2) is 64.8 Å². The van der Waals surface area contributed by atoms with E-state index in [1.165, 1.54) is 17.1 Å². The van der Waals surface area contributed by atoms with Crippen molar-refractivity contribution in [1.29, 1.82) is 0 Å². The van der Waals surface area contributed by atoms with E-state index >= 15 is 0 Å². The molecule has 0 spiro atoms. The van der Waals surface area contributed by atoms with Crippen LogP contribution < -0.4 is 10.9 Å². The van der Waals surface area contributed by atoms with Crippen LogP contribution in [0.1, 0.15) is 36.0 Å². The second kappa shape index (κ2) is 9.49. The highest BCUT2D eigenvalue weighted by Crippen LogP contribution is 2.33. The smallest absolute Gasteiger partial charge is 0.264 e. The molecular weight excluding hydrogens is 486 g/mol. The summed E-state index contributed by atoms with van der Waals surface area (Å²) < 4.78 is 2.96. The average molecular weight is 514 g/mol. The highest BCUT2D eigenvalue weighted by molar-refractivity contribution is 6.04. The van der Waals surface area contributed by atoms with Crippen LogP contribution in [0.15, 0.2) is 66.1 Å². The number of rotatable bonds is 6. The first-order chi connectivity index (χ1) is 18.4. The van der Waals surface area contributed by atoms with Crippen molar-refractivity contribution < 1.29 is 14.7 Å². The molecule has 11 heteroatoms. The SMILES string of the molecule is O=C(Nc1cccnc1)c1ccc(-n2ncc3c(=O)n(CC4(O)CCN(C(=O)C5CC5)CC4)cnc32)cc1. The van der Waals surface area contributed by atoms with Gasteiger partial charge in [0.25, 0.3) is 11.5 Å². The fraction of sp³-hybridized carbons (Fsp3) is 0.333.